The molecule has 1 aliphatic heterocycles. The summed E-state index contributed by atoms with van der Waals surface area (Å²) in [5.74, 6) is -3.45. The molecule has 16 heavy (non-hydrogen) atoms. The molecule has 1 saturated heterocycles. The number of ether oxygens (including phenoxy) is 2. The number of carboxylic acids is 1. The monoisotopic (exact) mass is 238 g/mol. The minimum Gasteiger partial charge on any atom is -0.480 e. The molecule has 94 valence electrons. The molecule has 0 aromatic carbocycles. The lowest BCUT2D eigenvalue weighted by Gasteiger charge is -2.25. The summed E-state index contributed by atoms with van der Waals surface area (Å²) in [6.45, 7) is -1.87. The van der Waals surface area contributed by atoms with Crippen LogP contribution in [0, 0.1) is 0 Å². The highest BCUT2D eigenvalue weighted by atomic mass is 16.7. The molecule has 4 atom stereocenters. The fraction of sp³-hybridized carbons (Fsp3) is 0.875. The van der Waals surface area contributed by atoms with Gasteiger partial charge >= 0.3 is 5.97 Å². The fourth-order valence-corrected chi connectivity index (χ4v) is 1.42. The van der Waals surface area contributed by atoms with Crippen molar-refractivity contribution in [3.05, 3.63) is 0 Å². The van der Waals surface area contributed by atoms with E-state index in [9.17, 15) is 20.1 Å². The quantitative estimate of drug-likeness (QED) is 0.339. The highest BCUT2D eigenvalue weighted by Crippen LogP contribution is 2.29. The molecular weight excluding hydrogens is 224 g/mol. The summed E-state index contributed by atoms with van der Waals surface area (Å²) in [7, 11) is 0. The standard InChI is InChI=1S/C8H14O8/c9-1-4-6(12)7(13)8(14,16-4)3-15-2-5(10)11/h4,6-7,9,12-14H,1-3H2,(H,10,11)/t4-,6-,7+,8+/m1/s1. The lowest BCUT2D eigenvalue weighted by atomic mass is 10.1. The predicted molar refractivity (Wildman–Crippen MR) is 47.4 cm³/mol. The van der Waals surface area contributed by atoms with Crippen LogP contribution in [0.5, 0.6) is 0 Å². The number of hydrogen-bond donors (Lipinski definition) is 5. The van der Waals surface area contributed by atoms with Gasteiger partial charge in [-0.1, -0.05) is 0 Å². The summed E-state index contributed by atoms with van der Waals surface area (Å²) in [5.41, 5.74) is 0. The zero-order valence-electron chi connectivity index (χ0n) is 8.31. The van der Waals surface area contributed by atoms with Crippen LogP contribution in [0.2, 0.25) is 0 Å². The summed E-state index contributed by atoms with van der Waals surface area (Å²) in [6.07, 6.45) is -4.25. The van der Waals surface area contributed by atoms with E-state index in [1.165, 1.54) is 0 Å². The van der Waals surface area contributed by atoms with Crippen LogP contribution in [-0.2, 0) is 14.3 Å². The maximum absolute atomic E-state index is 10.1. The normalized spacial score (nSPS) is 38.9. The Morgan fingerprint density at radius 3 is 2.50 bits per heavy atom. The SMILES string of the molecule is O=C(O)COC[C@]1(O)O[C@H](CO)[C@@H](O)[C@@H]1O. The first-order chi connectivity index (χ1) is 7.40. The molecule has 0 bridgehead atoms. The van der Waals surface area contributed by atoms with Crippen molar-refractivity contribution >= 4 is 5.97 Å². The minimum atomic E-state index is -2.21. The zero-order chi connectivity index (χ0) is 12.3. The van der Waals surface area contributed by atoms with Gasteiger partial charge in [0.25, 0.3) is 0 Å². The molecular formula is C8H14O8. The summed E-state index contributed by atoms with van der Waals surface area (Å²) >= 11 is 0. The Hall–Kier alpha value is -0.770. The molecule has 5 N–H and O–H groups in total. The number of aliphatic carboxylic acids is 1. The largest absolute Gasteiger partial charge is 0.480 e. The highest BCUT2D eigenvalue weighted by molar-refractivity contribution is 5.67. The minimum absolute atomic E-state index is 0.584. The molecule has 0 aromatic heterocycles. The molecule has 0 unspecified atom stereocenters. The van der Waals surface area contributed by atoms with E-state index in [-0.39, 0.29) is 0 Å². The van der Waals surface area contributed by atoms with E-state index in [1.54, 1.807) is 0 Å². The van der Waals surface area contributed by atoms with Gasteiger partial charge in [0.05, 0.1) is 6.61 Å². The van der Waals surface area contributed by atoms with Gasteiger partial charge in [-0.3, -0.25) is 0 Å². The molecule has 0 saturated carbocycles. The Labute approximate surface area is 90.6 Å². The average molecular weight is 238 g/mol. The number of aliphatic hydroxyl groups is 4. The van der Waals surface area contributed by atoms with Gasteiger partial charge in [0.1, 0.15) is 31.5 Å². The number of rotatable bonds is 5. The highest BCUT2D eigenvalue weighted by Gasteiger charge is 2.53. The van der Waals surface area contributed by atoms with Gasteiger partial charge in [-0.2, -0.15) is 0 Å². The summed E-state index contributed by atoms with van der Waals surface area (Å²) < 4.78 is 9.36. The van der Waals surface area contributed by atoms with E-state index in [0.717, 1.165) is 0 Å². The van der Waals surface area contributed by atoms with E-state index in [2.05, 4.69) is 4.74 Å². The second kappa shape index (κ2) is 5.04. The van der Waals surface area contributed by atoms with E-state index < -0.39 is 49.9 Å². The fourth-order valence-electron chi connectivity index (χ4n) is 1.42. The van der Waals surface area contributed by atoms with Crippen molar-refractivity contribution in [2.75, 3.05) is 19.8 Å². The smallest absolute Gasteiger partial charge is 0.329 e. The number of aliphatic hydroxyl groups excluding tert-OH is 3. The number of hydrogen-bond acceptors (Lipinski definition) is 7. The second-order valence-corrected chi connectivity index (χ2v) is 3.51. The Bertz CT molecular complexity index is 256. The van der Waals surface area contributed by atoms with Crippen molar-refractivity contribution in [2.24, 2.45) is 0 Å². The summed E-state index contributed by atoms with van der Waals surface area (Å²) in [4.78, 5) is 10.1. The number of carboxylic acid groups (broad SMARTS) is 1. The first-order valence-electron chi connectivity index (χ1n) is 4.57. The Morgan fingerprint density at radius 1 is 1.44 bits per heavy atom. The van der Waals surface area contributed by atoms with E-state index in [0.29, 0.717) is 0 Å². The van der Waals surface area contributed by atoms with Gasteiger partial charge in [0, 0.05) is 0 Å². The van der Waals surface area contributed by atoms with Crippen LogP contribution in [0.15, 0.2) is 0 Å². The van der Waals surface area contributed by atoms with Crippen molar-refractivity contribution in [2.45, 2.75) is 24.1 Å². The van der Waals surface area contributed by atoms with Gasteiger partial charge < -0.3 is 35.0 Å². The molecule has 0 spiro atoms. The van der Waals surface area contributed by atoms with Crippen LogP contribution < -0.4 is 0 Å². The third-order valence-corrected chi connectivity index (χ3v) is 2.24. The maximum atomic E-state index is 10.1. The van der Waals surface area contributed by atoms with Crippen LogP contribution in [0.1, 0.15) is 0 Å². The lowest BCUT2D eigenvalue weighted by Crippen LogP contribution is -2.47. The molecule has 1 fully saturated rings. The first kappa shape index (κ1) is 13.3. The molecule has 1 heterocycles. The van der Waals surface area contributed by atoms with Crippen LogP contribution in [-0.4, -0.2) is 75.4 Å². The van der Waals surface area contributed by atoms with Crippen molar-refractivity contribution in [1.82, 2.24) is 0 Å². The predicted octanol–water partition coefficient (Wildman–Crippen LogP) is -3.11. The first-order valence-corrected chi connectivity index (χ1v) is 4.57. The number of carbonyl (C=O) groups is 1. The molecule has 8 heteroatoms. The van der Waals surface area contributed by atoms with Crippen molar-refractivity contribution in [3.63, 3.8) is 0 Å². The van der Waals surface area contributed by atoms with Crippen molar-refractivity contribution < 1.29 is 39.8 Å². The molecule has 0 radical (unpaired) electrons. The second-order valence-electron chi connectivity index (χ2n) is 3.51. The van der Waals surface area contributed by atoms with Crippen molar-refractivity contribution in [3.8, 4) is 0 Å². The van der Waals surface area contributed by atoms with Crippen LogP contribution in [0.4, 0.5) is 0 Å². The van der Waals surface area contributed by atoms with Gasteiger partial charge in [-0.15, -0.1) is 0 Å². The third kappa shape index (κ3) is 2.67. The molecule has 0 aliphatic carbocycles. The Morgan fingerprint density at radius 2 is 2.06 bits per heavy atom. The lowest BCUT2D eigenvalue weighted by molar-refractivity contribution is -0.255. The summed E-state index contributed by atoms with van der Waals surface area (Å²) in [5, 5.41) is 45.5. The average Bonchev–Trinajstić information content (AvgIpc) is 2.43. The third-order valence-electron chi connectivity index (χ3n) is 2.24. The zero-order valence-corrected chi connectivity index (χ0v) is 8.31. The van der Waals surface area contributed by atoms with Gasteiger partial charge in [-0.25, -0.2) is 4.79 Å². The van der Waals surface area contributed by atoms with E-state index >= 15 is 0 Å². The Balaban J connectivity index is 2.53. The molecule has 1 aliphatic rings. The maximum Gasteiger partial charge on any atom is 0.329 e. The van der Waals surface area contributed by atoms with Gasteiger partial charge in [-0.05, 0) is 0 Å². The molecule has 0 aromatic rings. The van der Waals surface area contributed by atoms with Gasteiger partial charge in [0.15, 0.2) is 0 Å². The molecule has 0 amide bonds. The van der Waals surface area contributed by atoms with E-state index in [4.69, 9.17) is 14.9 Å². The Kier molecular flexibility index (Phi) is 4.19. The van der Waals surface area contributed by atoms with E-state index in [1.807, 2.05) is 0 Å². The van der Waals surface area contributed by atoms with Crippen LogP contribution in [0.25, 0.3) is 0 Å². The van der Waals surface area contributed by atoms with Gasteiger partial charge in [0.2, 0.25) is 5.79 Å². The van der Waals surface area contributed by atoms with Crippen LogP contribution in [0.3, 0.4) is 0 Å². The summed E-state index contributed by atoms with van der Waals surface area (Å²) in [6, 6.07) is 0. The molecule has 1 rings (SSSR count). The topological polar surface area (TPSA) is 137 Å². The van der Waals surface area contributed by atoms with Crippen molar-refractivity contribution in [1.29, 1.82) is 0 Å². The van der Waals surface area contributed by atoms with Crippen LogP contribution >= 0.6 is 0 Å². The molecule has 8 nitrogen and oxygen atoms in total.